The summed E-state index contributed by atoms with van der Waals surface area (Å²) in [5, 5.41) is 6.62. The third-order valence-electron chi connectivity index (χ3n) is 3.44. The Morgan fingerprint density at radius 3 is 2.79 bits per heavy atom. The van der Waals surface area contributed by atoms with Gasteiger partial charge in [0.25, 0.3) is 0 Å². The van der Waals surface area contributed by atoms with Crippen LogP contribution in [0.2, 0.25) is 0 Å². The lowest BCUT2D eigenvalue weighted by molar-refractivity contribution is 0.756. The van der Waals surface area contributed by atoms with Crippen LogP contribution in [0.1, 0.15) is 22.9 Å². The van der Waals surface area contributed by atoms with Crippen molar-refractivity contribution >= 4 is 10.8 Å². The predicted molar refractivity (Wildman–Crippen MR) is 75.7 cm³/mol. The van der Waals surface area contributed by atoms with Gasteiger partial charge in [-0.15, -0.1) is 0 Å². The molecule has 0 aliphatic carbocycles. The summed E-state index contributed by atoms with van der Waals surface area (Å²) in [5.41, 5.74) is 9.57. The van der Waals surface area contributed by atoms with Gasteiger partial charge >= 0.3 is 0 Å². The summed E-state index contributed by atoms with van der Waals surface area (Å²) in [6.45, 7) is 1.99. The SMILES string of the molecule is Cc1nn(C)cc1C(N)c1cccc2cnccc12. The first-order valence-electron chi connectivity index (χ1n) is 6.25. The Morgan fingerprint density at radius 1 is 1.21 bits per heavy atom. The molecule has 0 saturated heterocycles. The number of nitrogens with zero attached hydrogens (tertiary/aromatic N) is 3. The van der Waals surface area contributed by atoms with Crippen molar-refractivity contribution in [1.29, 1.82) is 0 Å². The van der Waals surface area contributed by atoms with Gasteiger partial charge in [-0.3, -0.25) is 9.67 Å². The fourth-order valence-corrected chi connectivity index (χ4v) is 2.51. The van der Waals surface area contributed by atoms with Crippen molar-refractivity contribution in [3.05, 3.63) is 59.7 Å². The zero-order chi connectivity index (χ0) is 13.4. The monoisotopic (exact) mass is 252 g/mol. The Kier molecular flexibility index (Phi) is 2.80. The highest BCUT2D eigenvalue weighted by molar-refractivity contribution is 5.85. The minimum atomic E-state index is -0.167. The second kappa shape index (κ2) is 4.48. The number of hydrogen-bond acceptors (Lipinski definition) is 3. The highest BCUT2D eigenvalue weighted by atomic mass is 15.2. The molecule has 0 amide bonds. The minimum absolute atomic E-state index is 0.167. The molecular formula is C15H16N4. The highest BCUT2D eigenvalue weighted by Gasteiger charge is 2.16. The van der Waals surface area contributed by atoms with Gasteiger partial charge in [0.1, 0.15) is 0 Å². The molecule has 1 aromatic carbocycles. The van der Waals surface area contributed by atoms with Crippen molar-refractivity contribution in [3.8, 4) is 0 Å². The second-order valence-electron chi connectivity index (χ2n) is 4.77. The molecule has 4 heteroatoms. The predicted octanol–water partition coefficient (Wildman–Crippen LogP) is 2.32. The quantitative estimate of drug-likeness (QED) is 0.761. The third-order valence-corrected chi connectivity index (χ3v) is 3.44. The van der Waals surface area contributed by atoms with Crippen LogP contribution < -0.4 is 5.73 Å². The maximum Gasteiger partial charge on any atom is 0.0644 e. The van der Waals surface area contributed by atoms with Crippen molar-refractivity contribution in [2.45, 2.75) is 13.0 Å². The van der Waals surface area contributed by atoms with Gasteiger partial charge in [0.2, 0.25) is 0 Å². The maximum absolute atomic E-state index is 6.42. The van der Waals surface area contributed by atoms with Crippen LogP contribution in [0.25, 0.3) is 10.8 Å². The lowest BCUT2D eigenvalue weighted by Gasteiger charge is -2.14. The molecule has 1 unspecified atom stereocenters. The summed E-state index contributed by atoms with van der Waals surface area (Å²) in [6.07, 6.45) is 5.65. The number of benzene rings is 1. The molecule has 0 saturated carbocycles. The van der Waals surface area contributed by atoms with Crippen LogP contribution in [0.4, 0.5) is 0 Å². The van der Waals surface area contributed by atoms with E-state index in [4.69, 9.17) is 5.73 Å². The molecule has 0 aliphatic heterocycles. The second-order valence-corrected chi connectivity index (χ2v) is 4.77. The van der Waals surface area contributed by atoms with Gasteiger partial charge in [-0.1, -0.05) is 18.2 Å². The summed E-state index contributed by atoms with van der Waals surface area (Å²) in [6, 6.07) is 7.98. The van der Waals surface area contributed by atoms with E-state index in [1.807, 2.05) is 38.5 Å². The van der Waals surface area contributed by atoms with Gasteiger partial charge in [-0.05, 0) is 23.9 Å². The van der Waals surface area contributed by atoms with Gasteiger partial charge in [0.05, 0.1) is 11.7 Å². The molecule has 96 valence electrons. The summed E-state index contributed by atoms with van der Waals surface area (Å²) in [7, 11) is 1.91. The van der Waals surface area contributed by atoms with E-state index >= 15 is 0 Å². The summed E-state index contributed by atoms with van der Waals surface area (Å²) in [4.78, 5) is 4.15. The van der Waals surface area contributed by atoms with Crippen LogP contribution in [-0.2, 0) is 7.05 Å². The molecule has 3 rings (SSSR count). The van der Waals surface area contributed by atoms with Crippen molar-refractivity contribution in [2.24, 2.45) is 12.8 Å². The first-order valence-corrected chi connectivity index (χ1v) is 6.25. The van der Waals surface area contributed by atoms with E-state index < -0.39 is 0 Å². The van der Waals surface area contributed by atoms with E-state index in [1.165, 1.54) is 0 Å². The van der Waals surface area contributed by atoms with Crippen LogP contribution in [0, 0.1) is 6.92 Å². The van der Waals surface area contributed by atoms with Crippen molar-refractivity contribution in [1.82, 2.24) is 14.8 Å². The first kappa shape index (κ1) is 11.9. The molecule has 2 heterocycles. The Morgan fingerprint density at radius 2 is 2.05 bits per heavy atom. The van der Waals surface area contributed by atoms with Crippen molar-refractivity contribution < 1.29 is 0 Å². The number of aromatic nitrogens is 3. The van der Waals surface area contributed by atoms with Crippen LogP contribution in [0.3, 0.4) is 0 Å². The molecule has 0 aliphatic rings. The molecule has 1 atom stereocenters. The minimum Gasteiger partial charge on any atom is -0.320 e. The Hall–Kier alpha value is -2.20. The van der Waals surface area contributed by atoms with Crippen LogP contribution >= 0.6 is 0 Å². The van der Waals surface area contributed by atoms with E-state index in [0.717, 1.165) is 27.6 Å². The van der Waals surface area contributed by atoms with Crippen molar-refractivity contribution in [3.63, 3.8) is 0 Å². The van der Waals surface area contributed by atoms with E-state index in [2.05, 4.69) is 22.2 Å². The van der Waals surface area contributed by atoms with Gasteiger partial charge < -0.3 is 5.73 Å². The molecule has 0 radical (unpaired) electrons. The number of fused-ring (bicyclic) bond motifs is 1. The third kappa shape index (κ3) is 2.00. The van der Waals surface area contributed by atoms with E-state index in [0.29, 0.717) is 0 Å². The Balaban J connectivity index is 2.16. The average molecular weight is 252 g/mol. The molecule has 3 aromatic rings. The summed E-state index contributed by atoms with van der Waals surface area (Å²) < 4.78 is 1.80. The van der Waals surface area contributed by atoms with Crippen LogP contribution in [0.5, 0.6) is 0 Å². The molecule has 4 nitrogen and oxygen atoms in total. The molecule has 0 bridgehead atoms. The smallest absolute Gasteiger partial charge is 0.0644 e. The number of nitrogens with two attached hydrogens (primary N) is 1. The lowest BCUT2D eigenvalue weighted by atomic mass is 9.96. The number of hydrogen-bond donors (Lipinski definition) is 1. The fraction of sp³-hybridized carbons (Fsp3) is 0.200. The Labute approximate surface area is 111 Å². The number of rotatable bonds is 2. The molecule has 2 aromatic heterocycles. The largest absolute Gasteiger partial charge is 0.320 e. The van der Waals surface area contributed by atoms with E-state index in [-0.39, 0.29) is 6.04 Å². The van der Waals surface area contributed by atoms with Crippen molar-refractivity contribution in [2.75, 3.05) is 0 Å². The zero-order valence-electron chi connectivity index (χ0n) is 11.0. The van der Waals surface area contributed by atoms with Crippen LogP contribution in [0.15, 0.2) is 42.9 Å². The van der Waals surface area contributed by atoms with Gasteiger partial charge in [0.15, 0.2) is 0 Å². The topological polar surface area (TPSA) is 56.7 Å². The van der Waals surface area contributed by atoms with E-state index in [1.54, 1.807) is 10.9 Å². The average Bonchev–Trinajstić information content (AvgIpc) is 2.76. The molecule has 2 N–H and O–H groups in total. The number of pyridine rings is 1. The van der Waals surface area contributed by atoms with Gasteiger partial charge in [-0.2, -0.15) is 5.10 Å². The standard InChI is InChI=1S/C15H16N4/c1-10-14(9-19(2)18-10)15(16)13-5-3-4-11-8-17-7-6-12(11)13/h3-9,15H,16H2,1-2H3. The zero-order valence-corrected chi connectivity index (χ0v) is 11.0. The lowest BCUT2D eigenvalue weighted by Crippen LogP contribution is -2.12. The summed E-state index contributed by atoms with van der Waals surface area (Å²) in [5.74, 6) is 0. The van der Waals surface area contributed by atoms with Gasteiger partial charge in [-0.25, -0.2) is 0 Å². The molecule has 19 heavy (non-hydrogen) atoms. The Bertz CT molecular complexity index is 725. The van der Waals surface area contributed by atoms with E-state index in [9.17, 15) is 0 Å². The number of aryl methyl sites for hydroxylation is 2. The first-order chi connectivity index (χ1) is 9.16. The molecule has 0 fully saturated rings. The molecule has 0 spiro atoms. The van der Waals surface area contributed by atoms with Gasteiger partial charge in [0, 0.05) is 36.6 Å². The molecular weight excluding hydrogens is 236 g/mol. The van der Waals surface area contributed by atoms with Crippen LogP contribution in [-0.4, -0.2) is 14.8 Å². The highest BCUT2D eigenvalue weighted by Crippen LogP contribution is 2.27. The maximum atomic E-state index is 6.42. The summed E-state index contributed by atoms with van der Waals surface area (Å²) >= 11 is 0. The normalized spacial score (nSPS) is 12.8. The fourth-order valence-electron chi connectivity index (χ4n) is 2.51.